The van der Waals surface area contributed by atoms with Gasteiger partial charge in [-0.05, 0) is 42.3 Å². The van der Waals surface area contributed by atoms with Crippen molar-refractivity contribution in [3.63, 3.8) is 0 Å². The van der Waals surface area contributed by atoms with Gasteiger partial charge >= 0.3 is 0 Å². The molecule has 1 spiro atoms. The molecule has 1 unspecified atom stereocenters. The van der Waals surface area contributed by atoms with Gasteiger partial charge in [-0.3, -0.25) is 0 Å². The van der Waals surface area contributed by atoms with E-state index in [4.69, 9.17) is 9.47 Å². The Balaban J connectivity index is 1.62. The number of rotatable bonds is 2. The number of benzene rings is 1. The number of nitrogens with one attached hydrogen (secondary N) is 1. The smallest absolute Gasteiger partial charge is 0.180 e. The molecule has 2 aromatic rings. The Bertz CT molecular complexity index is 838. The number of thiophene rings is 1. The van der Waals surface area contributed by atoms with Crippen molar-refractivity contribution in [3.05, 3.63) is 52.2 Å². The Morgan fingerprint density at radius 3 is 2.81 bits per heavy atom. The standard InChI is InChI=1S/C21H24N2O2S/c1-14-8-10-21(11-9-14)23-17(13-16(22-23)19-7-4-12-26-19)15-5-3-6-18(24-2)20(15)25-21/h3-7,12-14,17,22H,8-11H2,1-2H3. The van der Waals surface area contributed by atoms with Crippen molar-refractivity contribution in [1.82, 2.24) is 10.4 Å². The molecule has 1 fully saturated rings. The van der Waals surface area contributed by atoms with E-state index in [1.807, 2.05) is 6.07 Å². The molecule has 0 amide bonds. The van der Waals surface area contributed by atoms with Crippen LogP contribution >= 0.6 is 11.3 Å². The number of para-hydroxylation sites is 1. The molecule has 5 heteroatoms. The summed E-state index contributed by atoms with van der Waals surface area (Å²) in [5.74, 6) is 2.50. The van der Waals surface area contributed by atoms with Gasteiger partial charge in [0.05, 0.1) is 23.7 Å². The summed E-state index contributed by atoms with van der Waals surface area (Å²) in [4.78, 5) is 1.27. The van der Waals surface area contributed by atoms with Crippen LogP contribution in [0, 0.1) is 5.92 Å². The molecule has 0 bridgehead atoms. The first-order chi connectivity index (χ1) is 12.7. The molecule has 3 heterocycles. The van der Waals surface area contributed by atoms with E-state index in [2.05, 4.69) is 53.1 Å². The summed E-state index contributed by atoms with van der Waals surface area (Å²) in [6, 6.07) is 10.6. The van der Waals surface area contributed by atoms with Crippen LogP contribution in [0.1, 0.15) is 49.1 Å². The molecule has 1 N–H and O–H groups in total. The predicted octanol–water partition coefficient (Wildman–Crippen LogP) is 4.96. The molecule has 3 aliphatic rings. The van der Waals surface area contributed by atoms with E-state index in [-0.39, 0.29) is 11.8 Å². The Labute approximate surface area is 158 Å². The van der Waals surface area contributed by atoms with Crippen LogP contribution in [-0.2, 0) is 0 Å². The zero-order valence-corrected chi connectivity index (χ0v) is 16.0. The average molecular weight is 369 g/mol. The number of nitrogens with zero attached hydrogens (tertiary/aromatic N) is 1. The normalized spacial score (nSPS) is 30.2. The van der Waals surface area contributed by atoms with Crippen molar-refractivity contribution in [3.8, 4) is 11.5 Å². The maximum absolute atomic E-state index is 6.72. The van der Waals surface area contributed by atoms with Gasteiger partial charge in [0.25, 0.3) is 0 Å². The average Bonchev–Trinajstić information content (AvgIpc) is 3.34. The van der Waals surface area contributed by atoms with Crippen LogP contribution in [-0.4, -0.2) is 17.8 Å². The summed E-state index contributed by atoms with van der Waals surface area (Å²) in [6.07, 6.45) is 6.77. The molecular formula is C21H24N2O2S. The van der Waals surface area contributed by atoms with Crippen LogP contribution in [0.25, 0.3) is 5.70 Å². The van der Waals surface area contributed by atoms with Crippen molar-refractivity contribution < 1.29 is 9.47 Å². The van der Waals surface area contributed by atoms with E-state index in [1.54, 1.807) is 18.4 Å². The molecule has 1 aliphatic carbocycles. The minimum Gasteiger partial charge on any atom is -0.493 e. The third kappa shape index (κ3) is 2.37. The summed E-state index contributed by atoms with van der Waals surface area (Å²) < 4.78 is 12.4. The molecule has 26 heavy (non-hydrogen) atoms. The van der Waals surface area contributed by atoms with Crippen LogP contribution < -0.4 is 14.9 Å². The van der Waals surface area contributed by atoms with Crippen molar-refractivity contribution in [2.75, 3.05) is 7.11 Å². The van der Waals surface area contributed by atoms with Gasteiger partial charge in [0.15, 0.2) is 17.2 Å². The summed E-state index contributed by atoms with van der Waals surface area (Å²) in [5.41, 5.74) is 5.73. The summed E-state index contributed by atoms with van der Waals surface area (Å²) in [6.45, 7) is 2.34. The summed E-state index contributed by atoms with van der Waals surface area (Å²) in [5, 5.41) is 4.48. The largest absolute Gasteiger partial charge is 0.493 e. The second kappa shape index (κ2) is 6.03. The highest BCUT2D eigenvalue weighted by Crippen LogP contribution is 2.53. The van der Waals surface area contributed by atoms with Gasteiger partial charge in [0.2, 0.25) is 0 Å². The first-order valence-corrected chi connectivity index (χ1v) is 10.3. The minimum atomic E-state index is -0.311. The SMILES string of the molecule is COc1cccc2c1OC1(CCC(C)CC1)N1NC(c3cccs3)=CC21. The lowest BCUT2D eigenvalue weighted by Crippen LogP contribution is -2.60. The van der Waals surface area contributed by atoms with Crippen molar-refractivity contribution in [1.29, 1.82) is 0 Å². The van der Waals surface area contributed by atoms with Crippen LogP contribution in [0.2, 0.25) is 0 Å². The van der Waals surface area contributed by atoms with Crippen molar-refractivity contribution in [2.24, 2.45) is 5.92 Å². The lowest BCUT2D eigenvalue weighted by Gasteiger charge is -2.51. The zero-order chi connectivity index (χ0) is 17.7. The molecule has 1 saturated carbocycles. The first kappa shape index (κ1) is 16.2. The fourth-order valence-electron chi connectivity index (χ4n) is 4.45. The third-order valence-corrected chi connectivity index (χ3v) is 6.87. The molecule has 0 saturated heterocycles. The lowest BCUT2D eigenvalue weighted by molar-refractivity contribution is -0.156. The molecule has 5 rings (SSSR count). The van der Waals surface area contributed by atoms with Crippen molar-refractivity contribution in [2.45, 2.75) is 44.4 Å². The third-order valence-electron chi connectivity index (χ3n) is 5.96. The van der Waals surface area contributed by atoms with E-state index < -0.39 is 0 Å². The molecular weight excluding hydrogens is 344 g/mol. The number of methoxy groups -OCH3 is 1. The quantitative estimate of drug-likeness (QED) is 0.812. The topological polar surface area (TPSA) is 33.7 Å². The van der Waals surface area contributed by atoms with Gasteiger partial charge in [0, 0.05) is 18.4 Å². The Hall–Kier alpha value is -1.98. The molecule has 1 atom stereocenters. The van der Waals surface area contributed by atoms with Crippen LogP contribution in [0.3, 0.4) is 0 Å². The second-order valence-electron chi connectivity index (χ2n) is 7.59. The Morgan fingerprint density at radius 1 is 1.23 bits per heavy atom. The van der Waals surface area contributed by atoms with Crippen molar-refractivity contribution >= 4 is 17.0 Å². The second-order valence-corrected chi connectivity index (χ2v) is 8.54. The molecule has 1 aromatic carbocycles. The number of hydrazine groups is 1. The van der Waals surface area contributed by atoms with E-state index in [0.29, 0.717) is 0 Å². The molecule has 4 nitrogen and oxygen atoms in total. The van der Waals surface area contributed by atoms with Crippen LogP contribution in [0.15, 0.2) is 41.8 Å². The van der Waals surface area contributed by atoms with Crippen LogP contribution in [0.4, 0.5) is 0 Å². The monoisotopic (exact) mass is 368 g/mol. The molecule has 1 aromatic heterocycles. The summed E-state index contributed by atoms with van der Waals surface area (Å²) >= 11 is 1.77. The lowest BCUT2D eigenvalue weighted by atomic mass is 9.82. The summed E-state index contributed by atoms with van der Waals surface area (Å²) in [7, 11) is 1.72. The zero-order valence-electron chi connectivity index (χ0n) is 15.2. The van der Waals surface area contributed by atoms with E-state index >= 15 is 0 Å². The highest BCUT2D eigenvalue weighted by molar-refractivity contribution is 7.11. The van der Waals surface area contributed by atoms with E-state index in [0.717, 1.165) is 30.3 Å². The molecule has 136 valence electrons. The fourth-order valence-corrected chi connectivity index (χ4v) is 5.15. The predicted molar refractivity (Wildman–Crippen MR) is 104 cm³/mol. The highest BCUT2D eigenvalue weighted by Gasteiger charge is 2.52. The Morgan fingerprint density at radius 2 is 2.08 bits per heavy atom. The highest BCUT2D eigenvalue weighted by atomic mass is 32.1. The number of hydrogen-bond donors (Lipinski definition) is 1. The van der Waals surface area contributed by atoms with Crippen LogP contribution in [0.5, 0.6) is 11.5 Å². The van der Waals surface area contributed by atoms with Gasteiger partial charge < -0.3 is 14.9 Å². The molecule has 2 aliphatic heterocycles. The van der Waals surface area contributed by atoms with Gasteiger partial charge in [-0.25, -0.2) is 0 Å². The number of ether oxygens (including phenoxy) is 2. The number of fused-ring (bicyclic) bond motifs is 4. The fraction of sp³-hybridized carbons (Fsp3) is 0.429. The van der Waals surface area contributed by atoms with E-state index in [1.165, 1.54) is 29.0 Å². The van der Waals surface area contributed by atoms with Gasteiger partial charge in [-0.1, -0.05) is 25.1 Å². The maximum atomic E-state index is 6.72. The maximum Gasteiger partial charge on any atom is 0.180 e. The Kier molecular flexibility index (Phi) is 3.76. The molecule has 0 radical (unpaired) electrons. The van der Waals surface area contributed by atoms with Gasteiger partial charge in [-0.15, -0.1) is 11.3 Å². The minimum absolute atomic E-state index is 0.166. The number of hydrogen-bond acceptors (Lipinski definition) is 5. The van der Waals surface area contributed by atoms with E-state index in [9.17, 15) is 0 Å². The van der Waals surface area contributed by atoms with Gasteiger partial charge in [0.1, 0.15) is 0 Å². The first-order valence-electron chi connectivity index (χ1n) is 9.38. The van der Waals surface area contributed by atoms with Gasteiger partial charge in [-0.2, -0.15) is 5.01 Å².